The molecule has 132 valence electrons. The Bertz CT molecular complexity index is 808. The van der Waals surface area contributed by atoms with Crippen molar-refractivity contribution in [2.75, 3.05) is 0 Å². The first-order chi connectivity index (χ1) is 12.7. The molecule has 0 saturated heterocycles. The molecule has 0 bridgehead atoms. The second kappa shape index (κ2) is 9.20. The Kier molecular flexibility index (Phi) is 6.44. The van der Waals surface area contributed by atoms with E-state index >= 15 is 0 Å². The molecule has 0 aliphatic rings. The highest BCUT2D eigenvalue weighted by molar-refractivity contribution is 5.69. The summed E-state index contributed by atoms with van der Waals surface area (Å²) in [6.07, 6.45) is 7.82. The normalized spacial score (nSPS) is 12.4. The zero-order valence-corrected chi connectivity index (χ0v) is 15.9. The van der Waals surface area contributed by atoms with Gasteiger partial charge < -0.3 is 0 Å². The minimum Gasteiger partial charge on any atom is -0.0651 e. The summed E-state index contributed by atoms with van der Waals surface area (Å²) in [5, 5.41) is 0. The molecular formula is C26H28. The van der Waals surface area contributed by atoms with Crippen molar-refractivity contribution in [2.45, 2.75) is 39.0 Å². The van der Waals surface area contributed by atoms with Gasteiger partial charge in [0.2, 0.25) is 0 Å². The van der Waals surface area contributed by atoms with Crippen LogP contribution in [0.2, 0.25) is 0 Å². The Labute approximate surface area is 158 Å². The molecule has 0 fully saturated rings. The minimum absolute atomic E-state index is 0.541. The smallest absolute Gasteiger partial charge is 0.0150 e. The predicted molar refractivity (Wildman–Crippen MR) is 114 cm³/mol. The maximum atomic E-state index is 2.30. The van der Waals surface area contributed by atoms with Gasteiger partial charge in [0.1, 0.15) is 0 Å². The maximum Gasteiger partial charge on any atom is -0.0150 e. The van der Waals surface area contributed by atoms with Gasteiger partial charge in [0.05, 0.1) is 0 Å². The van der Waals surface area contributed by atoms with Crippen LogP contribution in [0.1, 0.15) is 54.0 Å². The molecule has 0 aliphatic carbocycles. The molecule has 0 unspecified atom stereocenters. The number of hydrogen-bond donors (Lipinski definition) is 0. The fraction of sp³-hybridized carbons (Fsp3) is 0.231. The summed E-state index contributed by atoms with van der Waals surface area (Å²) in [5.41, 5.74) is 6.72. The summed E-state index contributed by atoms with van der Waals surface area (Å²) in [7, 11) is 0. The number of aryl methyl sites for hydroxylation is 1. The van der Waals surface area contributed by atoms with E-state index < -0.39 is 0 Å². The topological polar surface area (TPSA) is 0 Å². The van der Waals surface area contributed by atoms with E-state index in [1.807, 2.05) is 0 Å². The number of rotatable bonds is 7. The van der Waals surface area contributed by atoms with Crippen LogP contribution in [0, 0.1) is 0 Å². The molecule has 0 aromatic heterocycles. The van der Waals surface area contributed by atoms with Gasteiger partial charge in [-0.2, -0.15) is 0 Å². The Balaban J connectivity index is 1.60. The van der Waals surface area contributed by atoms with Gasteiger partial charge in [0.25, 0.3) is 0 Å². The van der Waals surface area contributed by atoms with Crippen LogP contribution >= 0.6 is 0 Å². The first-order valence-electron chi connectivity index (χ1n) is 9.65. The quantitative estimate of drug-likeness (QED) is 0.400. The molecule has 0 amide bonds. The van der Waals surface area contributed by atoms with Crippen molar-refractivity contribution in [3.05, 3.63) is 107 Å². The summed E-state index contributed by atoms with van der Waals surface area (Å²) in [4.78, 5) is 0. The number of hydrogen-bond acceptors (Lipinski definition) is 0. The lowest BCUT2D eigenvalue weighted by molar-refractivity contribution is 0.759. The summed E-state index contributed by atoms with van der Waals surface area (Å²) < 4.78 is 0. The molecular weight excluding hydrogens is 312 g/mol. The van der Waals surface area contributed by atoms with Crippen LogP contribution in [-0.2, 0) is 12.8 Å². The van der Waals surface area contributed by atoms with Crippen LogP contribution in [0.3, 0.4) is 0 Å². The maximum absolute atomic E-state index is 2.30. The van der Waals surface area contributed by atoms with Crippen LogP contribution in [-0.4, -0.2) is 0 Å². The third-order valence-electron chi connectivity index (χ3n) is 4.88. The average Bonchev–Trinajstić information content (AvgIpc) is 2.69. The van der Waals surface area contributed by atoms with Gasteiger partial charge in [-0.3, -0.25) is 0 Å². The average molecular weight is 341 g/mol. The molecule has 0 aliphatic heterocycles. The van der Waals surface area contributed by atoms with Gasteiger partial charge in [-0.25, -0.2) is 0 Å². The summed E-state index contributed by atoms with van der Waals surface area (Å²) in [6.45, 7) is 4.52. The Morgan fingerprint density at radius 1 is 0.692 bits per heavy atom. The van der Waals surface area contributed by atoms with Crippen LogP contribution < -0.4 is 0 Å². The molecule has 0 radical (unpaired) electrons. The van der Waals surface area contributed by atoms with Crippen molar-refractivity contribution in [1.82, 2.24) is 0 Å². The predicted octanol–water partition coefficient (Wildman–Crippen LogP) is 7.16. The van der Waals surface area contributed by atoms with Crippen molar-refractivity contribution in [2.24, 2.45) is 0 Å². The van der Waals surface area contributed by atoms with Gasteiger partial charge in [-0.1, -0.05) is 111 Å². The van der Waals surface area contributed by atoms with Gasteiger partial charge in [-0.05, 0) is 46.6 Å². The lowest BCUT2D eigenvalue weighted by atomic mass is 9.93. The van der Waals surface area contributed by atoms with E-state index in [0.29, 0.717) is 5.92 Å². The van der Waals surface area contributed by atoms with E-state index in [1.54, 1.807) is 0 Å². The third kappa shape index (κ3) is 5.20. The fourth-order valence-corrected chi connectivity index (χ4v) is 3.29. The molecule has 1 atom stereocenters. The molecule has 3 aromatic carbocycles. The lowest BCUT2D eigenvalue weighted by Gasteiger charge is -2.12. The first-order valence-corrected chi connectivity index (χ1v) is 9.65. The molecule has 0 heterocycles. The monoisotopic (exact) mass is 340 g/mol. The van der Waals surface area contributed by atoms with Crippen molar-refractivity contribution < 1.29 is 0 Å². The van der Waals surface area contributed by atoms with Crippen molar-refractivity contribution in [3.8, 4) is 0 Å². The largest absolute Gasteiger partial charge is 0.0651 e. The molecule has 0 heteroatoms. The highest BCUT2D eigenvalue weighted by Gasteiger charge is 2.05. The summed E-state index contributed by atoms with van der Waals surface area (Å²) in [5.74, 6) is 0.541. The molecule has 3 rings (SSSR count). The van der Waals surface area contributed by atoms with E-state index in [-0.39, 0.29) is 0 Å². The van der Waals surface area contributed by atoms with E-state index in [0.717, 1.165) is 12.8 Å². The summed E-state index contributed by atoms with van der Waals surface area (Å²) >= 11 is 0. The van der Waals surface area contributed by atoms with Crippen LogP contribution in [0.4, 0.5) is 0 Å². The highest BCUT2D eigenvalue weighted by atomic mass is 14.1. The highest BCUT2D eigenvalue weighted by Crippen LogP contribution is 2.20. The second-order valence-corrected chi connectivity index (χ2v) is 7.08. The van der Waals surface area contributed by atoms with Crippen molar-refractivity contribution >= 4 is 12.2 Å². The van der Waals surface area contributed by atoms with Crippen LogP contribution in [0.5, 0.6) is 0 Å². The van der Waals surface area contributed by atoms with Crippen LogP contribution in [0.25, 0.3) is 12.2 Å². The fourth-order valence-electron chi connectivity index (χ4n) is 3.29. The molecule has 3 aromatic rings. The van der Waals surface area contributed by atoms with Gasteiger partial charge >= 0.3 is 0 Å². The SMILES string of the molecule is CCCc1ccc(C=Cc2ccc(C[C@H](C)c3ccccc3)cc2)cc1. The molecule has 26 heavy (non-hydrogen) atoms. The Morgan fingerprint density at radius 2 is 1.23 bits per heavy atom. The van der Waals surface area contributed by atoms with Crippen molar-refractivity contribution in [1.29, 1.82) is 0 Å². The Morgan fingerprint density at radius 3 is 1.77 bits per heavy atom. The molecule has 0 N–H and O–H groups in total. The third-order valence-corrected chi connectivity index (χ3v) is 4.88. The van der Waals surface area contributed by atoms with Gasteiger partial charge in [0.15, 0.2) is 0 Å². The second-order valence-electron chi connectivity index (χ2n) is 7.08. The lowest BCUT2D eigenvalue weighted by Crippen LogP contribution is -1.98. The van der Waals surface area contributed by atoms with Gasteiger partial charge in [0, 0.05) is 0 Å². The standard InChI is InChI=1S/C26H28/c1-3-7-22-10-12-23(13-11-22)14-15-24-16-18-25(19-17-24)20-21(2)26-8-5-4-6-9-26/h4-6,8-19,21H,3,7,20H2,1-2H3/t21-/m0/s1. The Hall–Kier alpha value is -2.60. The first kappa shape index (κ1) is 18.2. The van der Waals surface area contributed by atoms with E-state index in [9.17, 15) is 0 Å². The molecule has 0 nitrogen and oxygen atoms in total. The van der Waals surface area contributed by atoms with Gasteiger partial charge in [-0.15, -0.1) is 0 Å². The van der Waals surface area contributed by atoms with Crippen molar-refractivity contribution in [3.63, 3.8) is 0 Å². The van der Waals surface area contributed by atoms with E-state index in [4.69, 9.17) is 0 Å². The van der Waals surface area contributed by atoms with E-state index in [1.165, 1.54) is 34.2 Å². The zero-order chi connectivity index (χ0) is 18.2. The van der Waals surface area contributed by atoms with Crippen LogP contribution in [0.15, 0.2) is 78.9 Å². The molecule has 0 spiro atoms. The molecule has 0 saturated carbocycles. The van der Waals surface area contributed by atoms with E-state index in [2.05, 4.69) is 105 Å². The minimum atomic E-state index is 0.541. The summed E-state index contributed by atoms with van der Waals surface area (Å²) in [6, 6.07) is 28.6. The number of benzene rings is 3. The zero-order valence-electron chi connectivity index (χ0n) is 15.9.